The van der Waals surface area contributed by atoms with Gasteiger partial charge in [-0.05, 0) is 18.6 Å². The first-order chi connectivity index (χ1) is 5.75. The molecule has 0 aliphatic rings. The van der Waals surface area contributed by atoms with Crippen LogP contribution in [0.25, 0.3) is 0 Å². The monoisotopic (exact) mass is 187 g/mol. The van der Waals surface area contributed by atoms with Crippen LogP contribution in [0.3, 0.4) is 0 Å². The molecule has 0 saturated carbocycles. The van der Waals surface area contributed by atoms with Crippen LogP contribution in [0.15, 0.2) is 0 Å². The lowest BCUT2D eigenvalue weighted by molar-refractivity contribution is 0.114. The van der Waals surface area contributed by atoms with E-state index < -0.39 is 0 Å². The zero-order valence-corrected chi connectivity index (χ0v) is 8.15. The van der Waals surface area contributed by atoms with Gasteiger partial charge in [-0.15, -0.1) is 0 Å². The summed E-state index contributed by atoms with van der Waals surface area (Å²) in [5.41, 5.74) is 0. The summed E-state index contributed by atoms with van der Waals surface area (Å²) in [7, 11) is 1.87. The van der Waals surface area contributed by atoms with E-state index in [2.05, 4.69) is 17.1 Å². The van der Waals surface area contributed by atoms with Crippen molar-refractivity contribution in [1.29, 1.82) is 0 Å². The number of nitrogens with zero attached hydrogens (tertiary/aromatic N) is 2. The predicted molar refractivity (Wildman–Crippen MR) is 48.3 cm³/mol. The minimum atomic E-state index is 0.525. The second-order valence-electron chi connectivity index (χ2n) is 2.56. The summed E-state index contributed by atoms with van der Waals surface area (Å²) in [6.45, 7) is 3.36. The summed E-state index contributed by atoms with van der Waals surface area (Å²) in [5, 5.41) is 6.71. The smallest absolute Gasteiger partial charge is 0.194 e. The molecule has 1 aromatic rings. The second kappa shape index (κ2) is 4.37. The fraction of sp³-hybridized carbons (Fsp3) is 0.714. The molecule has 4 nitrogen and oxygen atoms in total. The SMILES string of the molecule is CCCOCc1n[nH]c(=S)n1C. The summed E-state index contributed by atoms with van der Waals surface area (Å²) in [6.07, 6.45) is 1.02. The zero-order valence-electron chi connectivity index (χ0n) is 7.33. The van der Waals surface area contributed by atoms with Crippen molar-refractivity contribution in [3.05, 3.63) is 10.6 Å². The van der Waals surface area contributed by atoms with Crippen LogP contribution in [0.5, 0.6) is 0 Å². The lowest BCUT2D eigenvalue weighted by Crippen LogP contribution is -2.01. The van der Waals surface area contributed by atoms with Gasteiger partial charge in [-0.1, -0.05) is 6.92 Å². The van der Waals surface area contributed by atoms with Crippen molar-refractivity contribution in [2.24, 2.45) is 7.05 Å². The maximum atomic E-state index is 5.31. The fourth-order valence-corrected chi connectivity index (χ4v) is 0.967. The van der Waals surface area contributed by atoms with Crippen molar-refractivity contribution < 1.29 is 4.74 Å². The molecule has 1 heterocycles. The number of hydrogen-bond donors (Lipinski definition) is 1. The van der Waals surface area contributed by atoms with E-state index >= 15 is 0 Å². The lowest BCUT2D eigenvalue weighted by Gasteiger charge is -2.00. The Morgan fingerprint density at radius 3 is 2.92 bits per heavy atom. The van der Waals surface area contributed by atoms with E-state index in [1.807, 2.05) is 11.6 Å². The normalized spacial score (nSPS) is 10.5. The van der Waals surface area contributed by atoms with E-state index in [0.29, 0.717) is 11.4 Å². The Bertz CT molecular complexity index is 291. The standard InChI is InChI=1S/C7H13N3OS/c1-3-4-11-5-6-8-9-7(12)10(6)2/h3-5H2,1-2H3,(H,9,12). The van der Waals surface area contributed by atoms with E-state index in [1.165, 1.54) is 0 Å². The highest BCUT2D eigenvalue weighted by atomic mass is 32.1. The third kappa shape index (κ3) is 2.15. The molecule has 12 heavy (non-hydrogen) atoms. The largest absolute Gasteiger partial charge is 0.373 e. The third-order valence-corrected chi connectivity index (χ3v) is 1.92. The number of aromatic amines is 1. The Labute approximate surface area is 76.6 Å². The molecule has 0 unspecified atom stereocenters. The van der Waals surface area contributed by atoms with E-state index in [-0.39, 0.29) is 0 Å². The van der Waals surface area contributed by atoms with Crippen LogP contribution in [-0.4, -0.2) is 21.4 Å². The van der Waals surface area contributed by atoms with Crippen LogP contribution in [0.2, 0.25) is 0 Å². The van der Waals surface area contributed by atoms with Gasteiger partial charge in [-0.25, -0.2) is 0 Å². The average Bonchev–Trinajstić information content (AvgIpc) is 2.36. The van der Waals surface area contributed by atoms with Crippen molar-refractivity contribution >= 4 is 12.2 Å². The lowest BCUT2D eigenvalue weighted by atomic mass is 10.5. The van der Waals surface area contributed by atoms with Gasteiger partial charge in [0, 0.05) is 13.7 Å². The van der Waals surface area contributed by atoms with Gasteiger partial charge in [0.25, 0.3) is 0 Å². The highest BCUT2D eigenvalue weighted by molar-refractivity contribution is 7.71. The molecule has 1 aromatic heterocycles. The summed E-state index contributed by atoms with van der Waals surface area (Å²) in [4.78, 5) is 0. The molecular formula is C7H13N3OS. The van der Waals surface area contributed by atoms with Crippen molar-refractivity contribution in [3.8, 4) is 0 Å². The van der Waals surface area contributed by atoms with Crippen molar-refractivity contribution in [3.63, 3.8) is 0 Å². The van der Waals surface area contributed by atoms with Crippen LogP contribution in [0.4, 0.5) is 0 Å². The summed E-state index contributed by atoms with van der Waals surface area (Å²) in [6, 6.07) is 0. The molecule has 68 valence electrons. The van der Waals surface area contributed by atoms with E-state index in [4.69, 9.17) is 17.0 Å². The number of ether oxygens (including phenoxy) is 1. The van der Waals surface area contributed by atoms with Gasteiger partial charge in [0.15, 0.2) is 10.6 Å². The van der Waals surface area contributed by atoms with Crippen molar-refractivity contribution in [2.45, 2.75) is 20.0 Å². The van der Waals surface area contributed by atoms with Gasteiger partial charge in [-0.2, -0.15) is 5.10 Å². The molecule has 1 N–H and O–H groups in total. The number of nitrogens with one attached hydrogen (secondary N) is 1. The number of H-pyrrole nitrogens is 1. The van der Waals surface area contributed by atoms with E-state index in [0.717, 1.165) is 18.9 Å². The van der Waals surface area contributed by atoms with Gasteiger partial charge >= 0.3 is 0 Å². The fourth-order valence-electron chi connectivity index (χ4n) is 0.816. The zero-order chi connectivity index (χ0) is 8.97. The summed E-state index contributed by atoms with van der Waals surface area (Å²) < 4.78 is 7.75. The van der Waals surface area contributed by atoms with E-state index in [1.54, 1.807) is 0 Å². The van der Waals surface area contributed by atoms with Crippen molar-refractivity contribution in [1.82, 2.24) is 14.8 Å². The molecule has 0 aliphatic carbocycles. The van der Waals surface area contributed by atoms with Crippen LogP contribution in [0.1, 0.15) is 19.2 Å². The second-order valence-corrected chi connectivity index (χ2v) is 2.94. The minimum absolute atomic E-state index is 0.525. The Kier molecular flexibility index (Phi) is 3.43. The molecule has 0 fully saturated rings. The number of hydrogen-bond acceptors (Lipinski definition) is 3. The average molecular weight is 187 g/mol. The molecule has 0 amide bonds. The Hall–Kier alpha value is -0.680. The maximum Gasteiger partial charge on any atom is 0.194 e. The highest BCUT2D eigenvalue weighted by Gasteiger charge is 2.00. The first kappa shape index (κ1) is 9.41. The first-order valence-electron chi connectivity index (χ1n) is 3.93. The van der Waals surface area contributed by atoms with Crippen molar-refractivity contribution in [2.75, 3.05) is 6.61 Å². The third-order valence-electron chi connectivity index (χ3n) is 1.55. The maximum absolute atomic E-state index is 5.31. The van der Waals surface area contributed by atoms with Crippen LogP contribution in [-0.2, 0) is 18.4 Å². The number of rotatable bonds is 4. The first-order valence-corrected chi connectivity index (χ1v) is 4.34. The van der Waals surface area contributed by atoms with Gasteiger partial charge in [-0.3, -0.25) is 5.10 Å². The van der Waals surface area contributed by atoms with Gasteiger partial charge in [0.1, 0.15) is 6.61 Å². The molecule has 0 radical (unpaired) electrons. The Balaban J connectivity index is 2.52. The number of aromatic nitrogens is 3. The topological polar surface area (TPSA) is 42.8 Å². The molecule has 0 atom stereocenters. The molecule has 0 saturated heterocycles. The Morgan fingerprint density at radius 1 is 1.67 bits per heavy atom. The molecule has 0 bridgehead atoms. The quantitative estimate of drug-likeness (QED) is 0.572. The Morgan fingerprint density at radius 2 is 2.42 bits per heavy atom. The van der Waals surface area contributed by atoms with Crippen LogP contribution in [0, 0.1) is 4.77 Å². The molecule has 0 aromatic carbocycles. The molecule has 5 heteroatoms. The van der Waals surface area contributed by atoms with Crippen LogP contribution < -0.4 is 0 Å². The summed E-state index contributed by atoms with van der Waals surface area (Å²) in [5.74, 6) is 0.841. The molecule has 0 spiro atoms. The highest BCUT2D eigenvalue weighted by Crippen LogP contribution is 1.96. The predicted octanol–water partition coefficient (Wildman–Crippen LogP) is 1.40. The van der Waals surface area contributed by atoms with Gasteiger partial charge in [0.2, 0.25) is 0 Å². The van der Waals surface area contributed by atoms with Gasteiger partial charge < -0.3 is 9.30 Å². The molecule has 0 aliphatic heterocycles. The molecular weight excluding hydrogens is 174 g/mol. The van der Waals surface area contributed by atoms with Crippen LogP contribution >= 0.6 is 12.2 Å². The minimum Gasteiger partial charge on any atom is -0.373 e. The van der Waals surface area contributed by atoms with E-state index in [9.17, 15) is 0 Å². The van der Waals surface area contributed by atoms with Gasteiger partial charge in [0.05, 0.1) is 0 Å². The summed E-state index contributed by atoms with van der Waals surface area (Å²) >= 11 is 4.94. The molecule has 1 rings (SSSR count).